The minimum Gasteiger partial charge on any atom is -0.325 e. The molecule has 0 aromatic heterocycles. The van der Waals surface area contributed by atoms with Gasteiger partial charge in [0, 0.05) is 29.0 Å². The first-order valence-electron chi connectivity index (χ1n) is 11.0. The van der Waals surface area contributed by atoms with Crippen molar-refractivity contribution in [3.05, 3.63) is 64.1 Å². The first kappa shape index (κ1) is 24.5. The second-order valence-corrected chi connectivity index (χ2v) is 9.89. The molecule has 6 nitrogen and oxygen atoms in total. The van der Waals surface area contributed by atoms with Gasteiger partial charge in [-0.15, -0.1) is 5.10 Å². The molecule has 1 saturated heterocycles. The minimum atomic E-state index is -4.45. The smallest absolute Gasteiger partial charge is 0.325 e. The van der Waals surface area contributed by atoms with E-state index < -0.39 is 17.3 Å². The zero-order valence-corrected chi connectivity index (χ0v) is 20.3. The van der Waals surface area contributed by atoms with Gasteiger partial charge in [0.2, 0.25) is 5.91 Å². The van der Waals surface area contributed by atoms with Gasteiger partial charge in [0.1, 0.15) is 5.54 Å². The van der Waals surface area contributed by atoms with Crippen LogP contribution in [0.15, 0.2) is 68.4 Å². The lowest BCUT2D eigenvalue weighted by atomic mass is 9.78. The van der Waals surface area contributed by atoms with Crippen molar-refractivity contribution in [1.29, 1.82) is 0 Å². The molecule has 4 unspecified atom stereocenters. The quantitative estimate of drug-likeness (QED) is 0.489. The van der Waals surface area contributed by atoms with Crippen LogP contribution in [0.3, 0.4) is 0 Å². The van der Waals surface area contributed by atoms with Crippen molar-refractivity contribution in [3.63, 3.8) is 0 Å². The molecule has 1 N–H and O–H groups in total. The van der Waals surface area contributed by atoms with E-state index in [1.807, 2.05) is 25.1 Å². The topological polar surface area (TPSA) is 69.4 Å². The minimum absolute atomic E-state index is 0.0618. The number of amides is 1. The number of hydrogen-bond donors (Lipinski definition) is 1. The van der Waals surface area contributed by atoms with Crippen LogP contribution in [-0.4, -0.2) is 34.6 Å². The van der Waals surface area contributed by atoms with Crippen LogP contribution in [0, 0.1) is 5.92 Å². The molecule has 34 heavy (non-hydrogen) atoms. The number of rotatable bonds is 5. The number of carbonyl (C=O) groups is 1. The van der Waals surface area contributed by atoms with Crippen LogP contribution >= 0.6 is 15.9 Å². The highest BCUT2D eigenvalue weighted by molar-refractivity contribution is 9.10. The van der Waals surface area contributed by atoms with Gasteiger partial charge in [0.15, 0.2) is 0 Å². The molecule has 0 saturated carbocycles. The van der Waals surface area contributed by atoms with E-state index in [4.69, 9.17) is 0 Å². The lowest BCUT2D eigenvalue weighted by Gasteiger charge is -2.47. The fourth-order valence-electron chi connectivity index (χ4n) is 4.68. The number of alkyl halides is 3. The van der Waals surface area contributed by atoms with Crippen molar-refractivity contribution < 1.29 is 18.0 Å². The number of carbonyl (C=O) groups excluding carboxylic acids is 1. The summed E-state index contributed by atoms with van der Waals surface area (Å²) in [5, 5.41) is 15.0. The third-order valence-corrected chi connectivity index (χ3v) is 7.19. The number of hydrogen-bond acceptors (Lipinski definition) is 5. The van der Waals surface area contributed by atoms with Crippen LogP contribution < -0.4 is 5.32 Å². The number of halogens is 4. The molecule has 0 radical (unpaired) electrons. The molecule has 2 aliphatic heterocycles. The van der Waals surface area contributed by atoms with Gasteiger partial charge in [-0.05, 0) is 71.6 Å². The molecule has 1 fully saturated rings. The number of likely N-dealkylation sites (tertiary alicyclic amines) is 1. The van der Waals surface area contributed by atoms with E-state index in [9.17, 15) is 18.0 Å². The van der Waals surface area contributed by atoms with E-state index in [0.29, 0.717) is 25.1 Å². The van der Waals surface area contributed by atoms with Gasteiger partial charge >= 0.3 is 6.18 Å². The highest BCUT2D eigenvalue weighted by atomic mass is 79.9. The summed E-state index contributed by atoms with van der Waals surface area (Å²) in [6, 6.07) is 13.2. The maximum absolute atomic E-state index is 13.2. The van der Waals surface area contributed by atoms with Gasteiger partial charge < -0.3 is 5.32 Å². The summed E-state index contributed by atoms with van der Waals surface area (Å²) in [6.45, 7) is 4.73. The number of anilines is 1. The normalized spacial score (nSPS) is 27.2. The average molecular weight is 536 g/mol. The second-order valence-electron chi connectivity index (χ2n) is 9.03. The van der Waals surface area contributed by atoms with Crippen LogP contribution in [0.2, 0.25) is 0 Å². The highest BCUT2D eigenvalue weighted by Gasteiger charge is 2.46. The first-order valence-corrected chi connectivity index (χ1v) is 11.8. The van der Waals surface area contributed by atoms with Gasteiger partial charge in [-0.25, -0.2) is 0 Å². The summed E-state index contributed by atoms with van der Waals surface area (Å²) in [5.41, 5.74) is 0.0180. The van der Waals surface area contributed by atoms with Crippen molar-refractivity contribution in [2.75, 3.05) is 5.32 Å². The standard InChI is InChI=1S/C24H25BrF3N5O/c1-15-10-17(22(34)30-20-9-8-18(12-19(20)25)24(26,27)28)11-21(23(2)14-29-32-31-23)33(15)13-16-6-4-3-5-7-16/h3-9,12,14-15,17,21H,10-11,13H2,1-2H3,(H,30,34). The van der Waals surface area contributed by atoms with Crippen LogP contribution in [0.1, 0.15) is 37.8 Å². The Balaban J connectivity index is 1.54. The molecule has 4 rings (SSSR count). The maximum atomic E-state index is 13.2. The van der Waals surface area contributed by atoms with E-state index >= 15 is 0 Å². The van der Waals surface area contributed by atoms with Crippen molar-refractivity contribution in [2.45, 2.75) is 57.0 Å². The molecule has 10 heteroatoms. The Hall–Kier alpha value is -2.59. The summed E-state index contributed by atoms with van der Waals surface area (Å²) < 4.78 is 39.1. The van der Waals surface area contributed by atoms with Crippen LogP contribution in [0.25, 0.3) is 0 Å². The van der Waals surface area contributed by atoms with Crippen molar-refractivity contribution in [1.82, 2.24) is 4.90 Å². The van der Waals surface area contributed by atoms with Gasteiger partial charge in [-0.1, -0.05) is 30.3 Å². The molecular formula is C24H25BrF3N5O. The third-order valence-electron chi connectivity index (χ3n) is 6.54. The van der Waals surface area contributed by atoms with Gasteiger partial charge in [0.05, 0.1) is 17.5 Å². The highest BCUT2D eigenvalue weighted by Crippen LogP contribution is 2.39. The molecule has 0 bridgehead atoms. The van der Waals surface area contributed by atoms with Crippen molar-refractivity contribution in [2.24, 2.45) is 21.4 Å². The molecular weight excluding hydrogens is 511 g/mol. The molecule has 4 atom stereocenters. The fourth-order valence-corrected chi connectivity index (χ4v) is 5.15. The first-order chi connectivity index (χ1) is 16.1. The molecule has 0 spiro atoms. The number of nitrogens with zero attached hydrogens (tertiary/aromatic N) is 4. The van der Waals surface area contributed by atoms with Crippen LogP contribution in [0.4, 0.5) is 18.9 Å². The Labute approximate surface area is 204 Å². The largest absolute Gasteiger partial charge is 0.416 e. The van der Waals surface area contributed by atoms with Gasteiger partial charge in [-0.3, -0.25) is 9.69 Å². The predicted molar refractivity (Wildman–Crippen MR) is 127 cm³/mol. The van der Waals surface area contributed by atoms with Gasteiger partial charge in [-0.2, -0.15) is 18.3 Å². The molecule has 2 aromatic carbocycles. The fraction of sp³-hybridized carbons (Fsp3) is 0.417. The Morgan fingerprint density at radius 2 is 1.94 bits per heavy atom. The Morgan fingerprint density at radius 1 is 1.21 bits per heavy atom. The van der Waals surface area contributed by atoms with Crippen LogP contribution in [0.5, 0.6) is 0 Å². The van der Waals surface area contributed by atoms with E-state index in [-0.39, 0.29) is 28.4 Å². The van der Waals surface area contributed by atoms with Crippen LogP contribution in [-0.2, 0) is 17.5 Å². The van der Waals surface area contributed by atoms with E-state index in [1.54, 1.807) is 6.21 Å². The lowest BCUT2D eigenvalue weighted by Crippen LogP contribution is -2.58. The Bertz CT molecular complexity index is 1090. The van der Waals surface area contributed by atoms with E-state index in [1.165, 1.54) is 6.07 Å². The zero-order valence-electron chi connectivity index (χ0n) is 18.8. The van der Waals surface area contributed by atoms with Crippen molar-refractivity contribution >= 4 is 33.7 Å². The third kappa shape index (κ3) is 5.22. The number of nitrogens with one attached hydrogen (secondary N) is 1. The van der Waals surface area contributed by atoms with E-state index in [2.05, 4.69) is 60.6 Å². The summed E-state index contributed by atoms with van der Waals surface area (Å²) in [4.78, 5) is 15.6. The summed E-state index contributed by atoms with van der Waals surface area (Å²) in [7, 11) is 0. The Morgan fingerprint density at radius 3 is 2.56 bits per heavy atom. The van der Waals surface area contributed by atoms with Gasteiger partial charge in [0.25, 0.3) is 0 Å². The molecule has 2 aliphatic rings. The Kier molecular flexibility index (Phi) is 6.91. The summed E-state index contributed by atoms with van der Waals surface area (Å²) in [6.07, 6.45) is -1.61. The SMILES string of the molecule is CC1CC(C(=O)Nc2ccc(C(F)(F)F)cc2Br)CC(C2(C)C=NN=N2)N1Cc1ccccc1. The molecule has 0 aliphatic carbocycles. The molecule has 2 aromatic rings. The monoisotopic (exact) mass is 535 g/mol. The zero-order chi connectivity index (χ0) is 24.5. The molecule has 180 valence electrons. The summed E-state index contributed by atoms with van der Waals surface area (Å²) in [5.74, 6) is -0.575. The predicted octanol–water partition coefficient (Wildman–Crippen LogP) is 6.29. The second kappa shape index (κ2) is 9.58. The van der Waals surface area contributed by atoms with Crippen molar-refractivity contribution in [3.8, 4) is 0 Å². The lowest BCUT2D eigenvalue weighted by molar-refractivity contribution is -0.137. The molecule has 2 heterocycles. The number of piperidine rings is 1. The maximum Gasteiger partial charge on any atom is 0.416 e. The number of benzene rings is 2. The molecule has 1 amide bonds. The summed E-state index contributed by atoms with van der Waals surface area (Å²) >= 11 is 3.16. The average Bonchev–Trinajstić information content (AvgIpc) is 3.23. The van der Waals surface area contributed by atoms with E-state index in [0.717, 1.165) is 17.7 Å².